The number of alkyl halides is 1. The van der Waals surface area contributed by atoms with Crippen LogP contribution in [0.2, 0.25) is 0 Å². The summed E-state index contributed by atoms with van der Waals surface area (Å²) in [4.78, 5) is 0. The molecule has 9 nitrogen and oxygen atoms in total. The summed E-state index contributed by atoms with van der Waals surface area (Å²) in [6.07, 6.45) is 3.11. The molecule has 1 aliphatic heterocycles. The molecule has 5 unspecified atom stereocenters. The minimum Gasteiger partial charge on any atom is -0.508 e. The van der Waals surface area contributed by atoms with Crippen molar-refractivity contribution < 1.29 is 40.1 Å². The number of aryl methyl sites for hydroxylation is 2. The summed E-state index contributed by atoms with van der Waals surface area (Å²) in [5.41, 5.74) is 7.61. The molecule has 308 valence electrons. The third-order valence-corrected chi connectivity index (χ3v) is 14.4. The lowest BCUT2D eigenvalue weighted by atomic mass is 9.77. The third-order valence-electron chi connectivity index (χ3n) is 12.7. The second kappa shape index (κ2) is 15.2. The Labute approximate surface area is 358 Å². The highest BCUT2D eigenvalue weighted by molar-refractivity contribution is 14.1. The van der Waals surface area contributed by atoms with E-state index in [0.29, 0.717) is 73.7 Å². The molecule has 0 spiro atoms. The summed E-state index contributed by atoms with van der Waals surface area (Å²) in [5, 5.41) is 77.2. The number of phenolic OH excluding ortho intramolecular Hbond substituents is 6. The Morgan fingerprint density at radius 2 is 1.05 bits per heavy atom. The molecule has 10 heteroatoms. The highest BCUT2D eigenvalue weighted by Crippen LogP contribution is 2.56. The number of aromatic hydroxyl groups is 6. The number of halogens is 1. The average Bonchev–Trinajstić information content (AvgIpc) is 3.16. The van der Waals surface area contributed by atoms with Gasteiger partial charge in [0.15, 0.2) is 0 Å². The Balaban J connectivity index is 1.55. The second-order valence-electron chi connectivity index (χ2n) is 17.0. The molecule has 8 rings (SSSR count). The number of phenols is 6. The van der Waals surface area contributed by atoms with Crippen LogP contribution in [0.5, 0.6) is 46.0 Å². The number of ether oxygens (including phenoxy) is 2. The zero-order valence-electron chi connectivity index (χ0n) is 34.7. The Morgan fingerprint density at radius 1 is 0.576 bits per heavy atom. The van der Waals surface area contributed by atoms with Gasteiger partial charge in [-0.25, -0.2) is 0 Å². The lowest BCUT2D eigenvalue weighted by Gasteiger charge is -2.32. The first-order chi connectivity index (χ1) is 28.0. The molecular formula is C49H52INO8. The predicted molar refractivity (Wildman–Crippen MR) is 243 cm³/mol. The smallest absolute Gasteiger partial charge is 0.135 e. The number of hydrogen-bond donors (Lipinski definition) is 7. The molecule has 0 radical (unpaired) electrons. The van der Waals surface area contributed by atoms with E-state index < -0.39 is 0 Å². The van der Waals surface area contributed by atoms with E-state index in [0.717, 1.165) is 40.7 Å². The van der Waals surface area contributed by atoms with Gasteiger partial charge in [0.1, 0.15) is 46.0 Å². The van der Waals surface area contributed by atoms with Crippen molar-refractivity contribution in [2.45, 2.75) is 89.2 Å². The van der Waals surface area contributed by atoms with E-state index in [1.165, 1.54) is 19.2 Å². The first-order valence-corrected chi connectivity index (χ1v) is 21.5. The maximum Gasteiger partial charge on any atom is 0.135 e. The number of benzene rings is 6. The fourth-order valence-corrected chi connectivity index (χ4v) is 10.8. The van der Waals surface area contributed by atoms with Gasteiger partial charge in [0.25, 0.3) is 0 Å². The largest absolute Gasteiger partial charge is 0.508 e. The van der Waals surface area contributed by atoms with Crippen LogP contribution in [-0.2, 0) is 12.8 Å². The zero-order valence-corrected chi connectivity index (χ0v) is 36.9. The number of methoxy groups -OCH3 is 2. The van der Waals surface area contributed by atoms with Crippen LogP contribution in [0.4, 0.5) is 0 Å². The molecule has 7 N–H and O–H groups in total. The minimum absolute atomic E-state index is 0.00881. The number of nitrogens with one attached hydrogen (secondary N) is 1. The Morgan fingerprint density at radius 3 is 1.54 bits per heavy atom. The van der Waals surface area contributed by atoms with Gasteiger partial charge in [-0.2, -0.15) is 0 Å². The van der Waals surface area contributed by atoms with Crippen molar-refractivity contribution in [2.75, 3.05) is 14.2 Å². The third kappa shape index (κ3) is 6.63. The van der Waals surface area contributed by atoms with Crippen LogP contribution in [-0.4, -0.2) is 54.8 Å². The van der Waals surface area contributed by atoms with Crippen LogP contribution in [0, 0.1) is 19.8 Å². The molecule has 0 aromatic heterocycles. The van der Waals surface area contributed by atoms with E-state index >= 15 is 0 Å². The van der Waals surface area contributed by atoms with Gasteiger partial charge in [-0.15, -0.1) is 0 Å². The molecule has 1 aliphatic carbocycles. The van der Waals surface area contributed by atoms with E-state index in [1.807, 2.05) is 51.1 Å². The summed E-state index contributed by atoms with van der Waals surface area (Å²) in [5.74, 6) is 0.586. The molecule has 5 atom stereocenters. The van der Waals surface area contributed by atoms with E-state index in [1.54, 1.807) is 13.2 Å². The lowest BCUT2D eigenvalue weighted by molar-refractivity contribution is 0.402. The predicted octanol–water partition coefficient (Wildman–Crippen LogP) is 11.3. The van der Waals surface area contributed by atoms with Crippen LogP contribution in [0.1, 0.15) is 85.9 Å². The van der Waals surface area contributed by atoms with E-state index in [9.17, 15) is 30.6 Å². The first-order valence-electron chi connectivity index (χ1n) is 20.3. The summed E-state index contributed by atoms with van der Waals surface area (Å²) in [6, 6.07) is 13.8. The fourth-order valence-electron chi connectivity index (χ4n) is 10.1. The summed E-state index contributed by atoms with van der Waals surface area (Å²) < 4.78 is 12.2. The molecule has 0 saturated heterocycles. The highest BCUT2D eigenvalue weighted by atomic mass is 127. The van der Waals surface area contributed by atoms with Gasteiger partial charge in [-0.05, 0) is 134 Å². The van der Waals surface area contributed by atoms with Gasteiger partial charge in [0.05, 0.1) is 25.0 Å². The van der Waals surface area contributed by atoms with Crippen molar-refractivity contribution in [2.24, 2.45) is 5.92 Å². The monoisotopic (exact) mass is 909 g/mol. The molecule has 0 amide bonds. The maximum absolute atomic E-state index is 12.6. The number of fused-ring (bicyclic) bond motifs is 4. The van der Waals surface area contributed by atoms with Gasteiger partial charge in [-0.1, -0.05) is 48.6 Å². The van der Waals surface area contributed by atoms with Crippen molar-refractivity contribution in [1.82, 2.24) is 5.32 Å². The van der Waals surface area contributed by atoms with Crippen molar-refractivity contribution in [3.05, 3.63) is 81.9 Å². The summed E-state index contributed by atoms with van der Waals surface area (Å²) >= 11 is 2.48. The first kappa shape index (κ1) is 40.7. The minimum atomic E-state index is -0.208. The van der Waals surface area contributed by atoms with Crippen LogP contribution in [0.15, 0.2) is 48.5 Å². The normalized spacial score (nSPS) is 20.5. The van der Waals surface area contributed by atoms with Gasteiger partial charge in [-0.3, -0.25) is 0 Å². The molecule has 6 aromatic carbocycles. The topological polar surface area (TPSA) is 152 Å². The van der Waals surface area contributed by atoms with Crippen LogP contribution in [0.25, 0.3) is 54.9 Å². The van der Waals surface area contributed by atoms with Crippen LogP contribution in [0.3, 0.4) is 0 Å². The number of hydrogen-bond acceptors (Lipinski definition) is 9. The standard InChI is InChI=1S/C49H52INO8/c1-21-9-10-35(50)25(5)42-33(11-21)44(38(54)19-36(42)52)29-17-31(48(56)46-27(29)12-22(2)14-40(46)58-7)32-18-30(28-13-23(3)15-41(59-8)47(28)49(32)57)45-34-16-24(4)51-26(6)43(34)37(53)20-39(45)55/h12-15,17-21,24-26,35,51-57H,9-11,16H2,1-8H3. The van der Waals surface area contributed by atoms with E-state index in [2.05, 4.69) is 48.7 Å². The molecule has 0 bridgehead atoms. The highest BCUT2D eigenvalue weighted by Gasteiger charge is 2.34. The average molecular weight is 910 g/mol. The molecule has 0 fully saturated rings. The molecule has 1 heterocycles. The molecule has 2 aliphatic rings. The molecule has 0 saturated carbocycles. The van der Waals surface area contributed by atoms with Gasteiger partial charge in [0, 0.05) is 61.5 Å². The SMILES string of the molecule is COc1cc(C)cc2c(-c3c(O)cc(O)c4c3CC(C)NC4C)cc(-c3cc(-c4c(O)cc(O)c5c4CC(C)CCC(I)C5C)c4cc(C)cc(OC)c4c3O)c(O)c12. The second-order valence-corrected chi connectivity index (χ2v) is 18.6. The van der Waals surface area contributed by atoms with Crippen molar-refractivity contribution in [3.63, 3.8) is 0 Å². The van der Waals surface area contributed by atoms with Crippen molar-refractivity contribution in [3.8, 4) is 79.4 Å². The lowest BCUT2D eigenvalue weighted by Crippen LogP contribution is -2.36. The van der Waals surface area contributed by atoms with Gasteiger partial charge in [0.2, 0.25) is 0 Å². The van der Waals surface area contributed by atoms with Gasteiger partial charge >= 0.3 is 0 Å². The van der Waals surface area contributed by atoms with E-state index in [4.69, 9.17) is 9.47 Å². The molecular weight excluding hydrogens is 857 g/mol. The molecule has 59 heavy (non-hydrogen) atoms. The Bertz CT molecular complexity index is 2710. The fraction of sp³-hybridized carbons (Fsp3) is 0.347. The van der Waals surface area contributed by atoms with Crippen LogP contribution >= 0.6 is 22.6 Å². The molecule has 6 aromatic rings. The Kier molecular flexibility index (Phi) is 10.5. The summed E-state index contributed by atoms with van der Waals surface area (Å²) in [6.45, 7) is 12.2. The summed E-state index contributed by atoms with van der Waals surface area (Å²) in [7, 11) is 3.08. The quantitative estimate of drug-likeness (QED) is 0.0662. The maximum atomic E-state index is 12.6. The van der Waals surface area contributed by atoms with Crippen LogP contribution < -0.4 is 14.8 Å². The van der Waals surface area contributed by atoms with E-state index in [-0.39, 0.29) is 73.5 Å². The zero-order chi connectivity index (χ0) is 42.3. The Hall–Kier alpha value is -5.07. The number of rotatable bonds is 5. The van der Waals surface area contributed by atoms with Crippen molar-refractivity contribution in [1.29, 1.82) is 0 Å². The van der Waals surface area contributed by atoms with Gasteiger partial charge < -0.3 is 45.4 Å². The van der Waals surface area contributed by atoms with Crippen molar-refractivity contribution >= 4 is 44.1 Å².